The van der Waals surface area contributed by atoms with Crippen molar-refractivity contribution >= 4 is 60.5 Å². The fourth-order valence-electron chi connectivity index (χ4n) is 1.21. The summed E-state index contributed by atoms with van der Waals surface area (Å²) in [7, 11) is 0. The van der Waals surface area contributed by atoms with Gasteiger partial charge >= 0.3 is 0 Å². The van der Waals surface area contributed by atoms with E-state index in [2.05, 4.69) is 42.2 Å². The number of hydrogen-bond acceptors (Lipinski definition) is 3. The third-order valence-electron chi connectivity index (χ3n) is 1.93. The first-order valence-electron chi connectivity index (χ1n) is 4.45. The normalized spacial score (nSPS) is 10.4. The third-order valence-corrected chi connectivity index (χ3v) is 4.36. The molecule has 0 radical (unpaired) electrons. The fraction of sp³-hybridized carbons (Fsp3) is 0.100. The highest BCUT2D eigenvalue weighted by Crippen LogP contribution is 2.31. The van der Waals surface area contributed by atoms with E-state index in [1.165, 1.54) is 11.3 Å². The van der Waals surface area contributed by atoms with Crippen molar-refractivity contribution in [1.82, 2.24) is 4.98 Å². The minimum absolute atomic E-state index is 0.572. The van der Waals surface area contributed by atoms with Gasteiger partial charge in [0.15, 0.2) is 4.47 Å². The molecule has 2 aromatic rings. The van der Waals surface area contributed by atoms with Gasteiger partial charge in [0, 0.05) is 20.0 Å². The zero-order valence-corrected chi connectivity index (χ0v) is 12.8. The number of nitrogens with zero attached hydrogens (tertiary/aromatic N) is 1. The first-order chi connectivity index (χ1) is 7.66. The van der Waals surface area contributed by atoms with Crippen molar-refractivity contribution in [2.75, 3.05) is 5.32 Å². The highest BCUT2D eigenvalue weighted by Gasteiger charge is 2.05. The number of para-hydroxylation sites is 1. The predicted molar refractivity (Wildman–Crippen MR) is 76.3 cm³/mol. The Morgan fingerprint density at radius 1 is 1.31 bits per heavy atom. The zero-order chi connectivity index (χ0) is 11.5. The minimum Gasteiger partial charge on any atom is -0.378 e. The second-order valence-electron chi connectivity index (χ2n) is 3.03. The van der Waals surface area contributed by atoms with Gasteiger partial charge in [-0.15, -0.1) is 11.3 Å². The number of rotatable bonds is 3. The van der Waals surface area contributed by atoms with Crippen LogP contribution in [0.3, 0.4) is 0 Å². The van der Waals surface area contributed by atoms with Crippen molar-refractivity contribution in [1.29, 1.82) is 0 Å². The largest absolute Gasteiger partial charge is 0.378 e. The standard InChI is InChI=1S/C10H7Br2ClN2S/c11-7-2-1-3-8(12)9(7)14-4-6-5-15-10(13)16-6/h1-3,5,14H,4H2. The van der Waals surface area contributed by atoms with E-state index in [9.17, 15) is 0 Å². The van der Waals surface area contributed by atoms with Gasteiger partial charge in [-0.2, -0.15) is 0 Å². The van der Waals surface area contributed by atoms with Gasteiger partial charge in [-0.25, -0.2) is 4.98 Å². The molecule has 1 N–H and O–H groups in total. The van der Waals surface area contributed by atoms with E-state index in [-0.39, 0.29) is 0 Å². The highest BCUT2D eigenvalue weighted by atomic mass is 79.9. The van der Waals surface area contributed by atoms with Gasteiger partial charge in [-0.3, -0.25) is 0 Å². The summed E-state index contributed by atoms with van der Waals surface area (Å²) >= 11 is 14.2. The molecule has 0 aliphatic carbocycles. The number of thiazole rings is 1. The number of hydrogen-bond donors (Lipinski definition) is 1. The Labute approximate surface area is 119 Å². The Bertz CT molecular complexity index is 481. The number of nitrogens with one attached hydrogen (secondary N) is 1. The van der Waals surface area contributed by atoms with Crippen LogP contribution >= 0.6 is 54.8 Å². The van der Waals surface area contributed by atoms with Crippen LogP contribution in [0.25, 0.3) is 0 Å². The first-order valence-corrected chi connectivity index (χ1v) is 7.23. The molecule has 0 spiro atoms. The number of aromatic nitrogens is 1. The van der Waals surface area contributed by atoms with Gasteiger partial charge in [0.25, 0.3) is 0 Å². The molecule has 0 atom stereocenters. The summed E-state index contributed by atoms with van der Waals surface area (Å²) in [6, 6.07) is 5.96. The maximum Gasteiger partial charge on any atom is 0.183 e. The van der Waals surface area contributed by atoms with Crippen molar-refractivity contribution < 1.29 is 0 Å². The van der Waals surface area contributed by atoms with Crippen molar-refractivity contribution in [2.24, 2.45) is 0 Å². The van der Waals surface area contributed by atoms with E-state index >= 15 is 0 Å². The first kappa shape index (κ1) is 12.4. The van der Waals surface area contributed by atoms with Crippen LogP contribution in [0.5, 0.6) is 0 Å². The lowest BCUT2D eigenvalue weighted by Gasteiger charge is -2.09. The molecule has 1 aromatic heterocycles. The summed E-state index contributed by atoms with van der Waals surface area (Å²) in [5, 5.41) is 3.33. The van der Waals surface area contributed by atoms with E-state index in [1.54, 1.807) is 6.20 Å². The molecule has 0 aliphatic rings. The van der Waals surface area contributed by atoms with Gasteiger partial charge in [0.2, 0.25) is 0 Å². The van der Waals surface area contributed by atoms with Crippen LogP contribution in [0.1, 0.15) is 4.88 Å². The van der Waals surface area contributed by atoms with Gasteiger partial charge in [-0.1, -0.05) is 17.7 Å². The maximum absolute atomic E-state index is 5.77. The average Bonchev–Trinajstić information content (AvgIpc) is 2.63. The van der Waals surface area contributed by atoms with Crippen molar-refractivity contribution in [3.05, 3.63) is 42.7 Å². The summed E-state index contributed by atoms with van der Waals surface area (Å²) in [5.41, 5.74) is 1.03. The van der Waals surface area contributed by atoms with Crippen LogP contribution in [-0.2, 0) is 6.54 Å². The molecule has 84 valence electrons. The monoisotopic (exact) mass is 380 g/mol. The molecule has 0 amide bonds. The van der Waals surface area contributed by atoms with Crippen LogP contribution < -0.4 is 5.32 Å². The van der Waals surface area contributed by atoms with Crippen LogP contribution in [0, 0.1) is 0 Å². The summed E-state index contributed by atoms with van der Waals surface area (Å²) in [6.07, 6.45) is 1.78. The summed E-state index contributed by atoms with van der Waals surface area (Å²) in [6.45, 7) is 0.714. The van der Waals surface area contributed by atoms with Gasteiger partial charge < -0.3 is 5.32 Å². The molecule has 6 heteroatoms. The zero-order valence-electron chi connectivity index (χ0n) is 8.01. The molecule has 0 saturated heterocycles. The Morgan fingerprint density at radius 2 is 2.00 bits per heavy atom. The smallest absolute Gasteiger partial charge is 0.183 e. The van der Waals surface area contributed by atoms with Gasteiger partial charge in [-0.05, 0) is 44.0 Å². The number of anilines is 1. The lowest BCUT2D eigenvalue weighted by molar-refractivity contribution is 1.17. The Balaban J connectivity index is 2.10. The molecule has 2 nitrogen and oxygen atoms in total. The number of halogens is 3. The van der Waals surface area contributed by atoms with Crippen LogP contribution in [0.15, 0.2) is 33.3 Å². The van der Waals surface area contributed by atoms with Crippen molar-refractivity contribution in [3.8, 4) is 0 Å². The molecular formula is C10H7Br2ClN2S. The van der Waals surface area contributed by atoms with E-state index < -0.39 is 0 Å². The fourth-order valence-corrected chi connectivity index (χ4v) is 3.40. The summed E-state index contributed by atoms with van der Waals surface area (Å²) in [4.78, 5) is 5.10. The predicted octanol–water partition coefficient (Wildman–Crippen LogP) is 4.93. The molecule has 0 unspecified atom stereocenters. The Kier molecular flexibility index (Phi) is 4.24. The van der Waals surface area contributed by atoms with Gasteiger partial charge in [0.1, 0.15) is 0 Å². The van der Waals surface area contributed by atoms with E-state index in [1.807, 2.05) is 18.2 Å². The second kappa shape index (κ2) is 5.49. The highest BCUT2D eigenvalue weighted by molar-refractivity contribution is 9.11. The molecule has 1 aromatic carbocycles. The molecular weight excluding hydrogens is 375 g/mol. The average molecular weight is 383 g/mol. The van der Waals surface area contributed by atoms with Crippen molar-refractivity contribution in [2.45, 2.75) is 6.54 Å². The quantitative estimate of drug-likeness (QED) is 0.814. The molecule has 2 rings (SSSR count). The summed E-state index contributed by atoms with van der Waals surface area (Å²) < 4.78 is 2.62. The maximum atomic E-state index is 5.77. The van der Waals surface area contributed by atoms with E-state index in [0.29, 0.717) is 11.0 Å². The van der Waals surface area contributed by atoms with Crippen LogP contribution in [-0.4, -0.2) is 4.98 Å². The lowest BCUT2D eigenvalue weighted by atomic mass is 10.3. The third kappa shape index (κ3) is 2.97. The molecule has 0 fully saturated rings. The summed E-state index contributed by atoms with van der Waals surface area (Å²) in [5.74, 6) is 0. The lowest BCUT2D eigenvalue weighted by Crippen LogP contribution is -1.98. The Morgan fingerprint density at radius 3 is 2.56 bits per heavy atom. The molecule has 0 bridgehead atoms. The van der Waals surface area contributed by atoms with Crippen LogP contribution in [0.4, 0.5) is 5.69 Å². The molecule has 16 heavy (non-hydrogen) atoms. The number of benzene rings is 1. The van der Waals surface area contributed by atoms with Crippen LogP contribution in [0.2, 0.25) is 4.47 Å². The molecule has 1 heterocycles. The van der Waals surface area contributed by atoms with Gasteiger partial charge in [0.05, 0.1) is 12.2 Å². The minimum atomic E-state index is 0.572. The van der Waals surface area contributed by atoms with E-state index in [0.717, 1.165) is 19.5 Å². The van der Waals surface area contributed by atoms with E-state index in [4.69, 9.17) is 11.6 Å². The molecule has 0 saturated carbocycles. The Hall–Kier alpha value is -0.100. The SMILES string of the molecule is Clc1ncc(CNc2c(Br)cccc2Br)s1. The second-order valence-corrected chi connectivity index (χ2v) is 6.44. The van der Waals surface area contributed by atoms with Crippen molar-refractivity contribution in [3.63, 3.8) is 0 Å². The topological polar surface area (TPSA) is 24.9 Å². The molecule has 0 aliphatic heterocycles.